The van der Waals surface area contributed by atoms with Crippen molar-refractivity contribution >= 4 is 23.6 Å². The third kappa shape index (κ3) is 2.16. The first kappa shape index (κ1) is 10.1. The van der Waals surface area contributed by atoms with Crippen molar-refractivity contribution in [1.82, 2.24) is 15.5 Å². The van der Waals surface area contributed by atoms with Crippen molar-refractivity contribution in [3.05, 3.63) is 5.89 Å². The molecular weight excluding hydrogens is 220 g/mol. The Morgan fingerprint density at radius 2 is 2.33 bits per heavy atom. The number of hydrogen-bond donors (Lipinski definition) is 2. The van der Waals surface area contributed by atoms with Crippen molar-refractivity contribution in [2.45, 2.75) is 23.4 Å². The summed E-state index contributed by atoms with van der Waals surface area (Å²) < 4.78 is 5.10. The van der Waals surface area contributed by atoms with Crippen LogP contribution in [-0.2, 0) is 16.1 Å². The number of nitrogens with two attached hydrogens (primary N) is 1. The maximum absolute atomic E-state index is 11.2. The van der Waals surface area contributed by atoms with Crippen LogP contribution in [0.5, 0.6) is 0 Å². The van der Waals surface area contributed by atoms with Gasteiger partial charge in [-0.05, 0) is 0 Å². The second kappa shape index (κ2) is 3.99. The van der Waals surface area contributed by atoms with E-state index in [4.69, 9.17) is 10.2 Å². The second-order valence-electron chi connectivity index (χ2n) is 2.89. The maximum atomic E-state index is 11.2. The fraction of sp³-hybridized carbons (Fsp3) is 0.429. The minimum Gasteiger partial charge on any atom is -0.415 e. The summed E-state index contributed by atoms with van der Waals surface area (Å²) in [6.07, 6.45) is 0.143. The first-order valence-electron chi connectivity index (χ1n) is 4.22. The number of amides is 2. The Morgan fingerprint density at radius 1 is 1.53 bits per heavy atom. The number of aromatic nitrogens is 2. The number of hydrogen-bond acceptors (Lipinski definition) is 7. The summed E-state index contributed by atoms with van der Waals surface area (Å²) in [6.45, 7) is 0.156. The Bertz CT molecular complexity index is 405. The van der Waals surface area contributed by atoms with Crippen molar-refractivity contribution < 1.29 is 14.0 Å². The van der Waals surface area contributed by atoms with Gasteiger partial charge in [0.1, 0.15) is 5.25 Å². The van der Waals surface area contributed by atoms with Crippen molar-refractivity contribution in [3.63, 3.8) is 0 Å². The van der Waals surface area contributed by atoms with E-state index in [1.165, 1.54) is 0 Å². The van der Waals surface area contributed by atoms with Gasteiger partial charge >= 0.3 is 0 Å². The molecule has 2 heterocycles. The number of carbonyl (C=O) groups excluding carboxylic acids is 2. The predicted molar refractivity (Wildman–Crippen MR) is 49.6 cm³/mol. The molecule has 0 radical (unpaired) electrons. The van der Waals surface area contributed by atoms with Gasteiger partial charge in [0.05, 0.1) is 6.54 Å². The van der Waals surface area contributed by atoms with Crippen LogP contribution in [0, 0.1) is 0 Å². The van der Waals surface area contributed by atoms with Gasteiger partial charge in [0, 0.05) is 6.42 Å². The van der Waals surface area contributed by atoms with E-state index in [1.807, 2.05) is 0 Å². The lowest BCUT2D eigenvalue weighted by atomic mass is 10.4. The summed E-state index contributed by atoms with van der Waals surface area (Å²) in [5.41, 5.74) is 5.28. The molecule has 7 nitrogen and oxygen atoms in total. The topological polar surface area (TPSA) is 111 Å². The van der Waals surface area contributed by atoms with Gasteiger partial charge in [-0.2, -0.15) is 0 Å². The van der Waals surface area contributed by atoms with E-state index in [-0.39, 0.29) is 30.0 Å². The van der Waals surface area contributed by atoms with Gasteiger partial charge in [-0.25, -0.2) is 0 Å². The molecule has 0 aliphatic carbocycles. The second-order valence-corrected chi connectivity index (χ2v) is 4.04. The smallest absolute Gasteiger partial charge is 0.277 e. The lowest BCUT2D eigenvalue weighted by molar-refractivity contribution is -0.124. The first-order valence-corrected chi connectivity index (χ1v) is 5.10. The molecule has 2 rings (SSSR count). The molecule has 8 heteroatoms. The van der Waals surface area contributed by atoms with Gasteiger partial charge in [-0.15, -0.1) is 10.2 Å². The highest BCUT2D eigenvalue weighted by Gasteiger charge is 2.32. The van der Waals surface area contributed by atoms with Crippen LogP contribution in [0.15, 0.2) is 9.64 Å². The van der Waals surface area contributed by atoms with Crippen LogP contribution in [0.25, 0.3) is 0 Å². The molecule has 1 unspecified atom stereocenters. The van der Waals surface area contributed by atoms with Crippen LogP contribution in [0.1, 0.15) is 12.3 Å². The molecule has 1 atom stereocenters. The number of nitrogens with one attached hydrogen (secondary N) is 1. The summed E-state index contributed by atoms with van der Waals surface area (Å²) in [6, 6.07) is 0. The Kier molecular flexibility index (Phi) is 2.69. The van der Waals surface area contributed by atoms with Gasteiger partial charge in [-0.1, -0.05) is 11.8 Å². The maximum Gasteiger partial charge on any atom is 0.277 e. The Balaban J connectivity index is 2.02. The quantitative estimate of drug-likeness (QED) is 0.640. The average molecular weight is 228 g/mol. The minimum atomic E-state index is -0.483. The fourth-order valence-corrected chi connectivity index (χ4v) is 1.99. The molecule has 1 aromatic rings. The summed E-state index contributed by atoms with van der Waals surface area (Å²) in [4.78, 5) is 22.1. The van der Waals surface area contributed by atoms with E-state index in [9.17, 15) is 9.59 Å². The Hall–Kier alpha value is -1.41. The zero-order valence-electron chi connectivity index (χ0n) is 7.60. The van der Waals surface area contributed by atoms with E-state index in [0.29, 0.717) is 5.89 Å². The Labute approximate surface area is 88.8 Å². The average Bonchev–Trinajstić information content (AvgIpc) is 2.75. The zero-order valence-corrected chi connectivity index (χ0v) is 8.41. The lowest BCUT2D eigenvalue weighted by Crippen LogP contribution is -2.22. The van der Waals surface area contributed by atoms with E-state index >= 15 is 0 Å². The summed E-state index contributed by atoms with van der Waals surface area (Å²) >= 11 is 1.07. The minimum absolute atomic E-state index is 0.143. The standard InChI is InChI=1S/C7H8N4O3S/c8-2-5-10-11-7(14-5)15-3-1-4(12)9-6(3)13/h3H,1-2,8H2,(H,9,12,13). The molecule has 1 aliphatic rings. The van der Waals surface area contributed by atoms with Gasteiger partial charge < -0.3 is 10.2 Å². The number of nitrogens with zero attached hydrogens (tertiary/aromatic N) is 2. The van der Waals surface area contributed by atoms with Crippen LogP contribution in [0.4, 0.5) is 0 Å². The van der Waals surface area contributed by atoms with Crippen LogP contribution >= 0.6 is 11.8 Å². The van der Waals surface area contributed by atoms with Crippen LogP contribution in [0.3, 0.4) is 0 Å². The largest absolute Gasteiger partial charge is 0.415 e. The van der Waals surface area contributed by atoms with Gasteiger partial charge in [-0.3, -0.25) is 14.9 Å². The monoisotopic (exact) mass is 228 g/mol. The molecule has 1 aliphatic heterocycles. The van der Waals surface area contributed by atoms with Crippen LogP contribution < -0.4 is 11.1 Å². The van der Waals surface area contributed by atoms with E-state index < -0.39 is 5.25 Å². The highest BCUT2D eigenvalue weighted by atomic mass is 32.2. The molecule has 1 saturated heterocycles. The molecule has 0 saturated carbocycles. The zero-order chi connectivity index (χ0) is 10.8. The molecule has 0 aromatic carbocycles. The highest BCUT2D eigenvalue weighted by Crippen LogP contribution is 2.26. The molecule has 2 amide bonds. The molecular formula is C7H8N4O3S. The predicted octanol–water partition coefficient (Wildman–Crippen LogP) is -0.965. The molecule has 15 heavy (non-hydrogen) atoms. The van der Waals surface area contributed by atoms with Crippen molar-refractivity contribution in [1.29, 1.82) is 0 Å². The molecule has 1 fully saturated rings. The number of carbonyl (C=O) groups is 2. The molecule has 80 valence electrons. The molecule has 1 aromatic heterocycles. The van der Waals surface area contributed by atoms with E-state index in [1.54, 1.807) is 0 Å². The normalized spacial score (nSPS) is 20.7. The molecule has 0 spiro atoms. The van der Waals surface area contributed by atoms with E-state index in [0.717, 1.165) is 11.8 Å². The van der Waals surface area contributed by atoms with Gasteiger partial charge in [0.2, 0.25) is 17.7 Å². The Morgan fingerprint density at radius 3 is 2.87 bits per heavy atom. The fourth-order valence-electron chi connectivity index (χ4n) is 1.12. The number of thioether (sulfide) groups is 1. The van der Waals surface area contributed by atoms with Crippen molar-refractivity contribution in [2.24, 2.45) is 5.73 Å². The lowest BCUT2D eigenvalue weighted by Gasteiger charge is -1.99. The highest BCUT2D eigenvalue weighted by molar-refractivity contribution is 8.00. The van der Waals surface area contributed by atoms with Gasteiger partial charge in [0.25, 0.3) is 5.22 Å². The summed E-state index contributed by atoms with van der Waals surface area (Å²) in [5, 5.41) is 9.29. The molecule has 0 bridgehead atoms. The third-order valence-electron chi connectivity index (χ3n) is 1.79. The number of rotatable bonds is 3. The van der Waals surface area contributed by atoms with Crippen LogP contribution in [0.2, 0.25) is 0 Å². The van der Waals surface area contributed by atoms with Crippen molar-refractivity contribution in [3.8, 4) is 0 Å². The SMILES string of the molecule is NCc1nnc(SC2CC(=O)NC2=O)o1. The summed E-state index contributed by atoms with van der Waals surface area (Å²) in [5.74, 6) is -0.296. The molecule has 3 N–H and O–H groups in total. The summed E-state index contributed by atoms with van der Waals surface area (Å²) in [7, 11) is 0. The first-order chi connectivity index (χ1) is 7.19. The van der Waals surface area contributed by atoms with Crippen LogP contribution in [-0.4, -0.2) is 27.3 Å². The van der Waals surface area contributed by atoms with Crippen molar-refractivity contribution in [2.75, 3.05) is 0 Å². The van der Waals surface area contributed by atoms with Gasteiger partial charge in [0.15, 0.2) is 0 Å². The third-order valence-corrected chi connectivity index (χ3v) is 2.82. The van der Waals surface area contributed by atoms with E-state index in [2.05, 4.69) is 15.5 Å². The number of imide groups is 1.